The molecule has 0 fully saturated rings. The maximum absolute atomic E-state index is 14.8. The van der Waals surface area contributed by atoms with Crippen molar-refractivity contribution in [3.8, 4) is 51.3 Å². The lowest BCUT2D eigenvalue weighted by Crippen LogP contribution is -2.56. The topological polar surface area (TPSA) is 275 Å². The number of unbranched alkanes of at least 4 members (excludes halogenated alkanes) is 1. The maximum Gasteiger partial charge on any atom is 0.251 e. The number of ether oxygens (including phenoxy) is 4. The summed E-state index contributed by atoms with van der Waals surface area (Å²) in [6, 6.07) is 19.6. The number of carbonyl (C=O) groups excluding carboxylic acids is 5. The van der Waals surface area contributed by atoms with Crippen molar-refractivity contribution in [2.24, 2.45) is 17.2 Å². The molecule has 0 aliphatic carbocycles. The van der Waals surface area contributed by atoms with Crippen LogP contribution in [-0.2, 0) is 25.6 Å². The van der Waals surface area contributed by atoms with E-state index in [0.29, 0.717) is 70.2 Å². The molecular formula is C48H59N9O9. The summed E-state index contributed by atoms with van der Waals surface area (Å²) in [5.74, 6) is -1.24. The minimum Gasteiger partial charge on any atom is -0.493 e. The molecule has 0 saturated heterocycles. The van der Waals surface area contributed by atoms with Gasteiger partial charge in [0.25, 0.3) is 5.91 Å². The largest absolute Gasteiger partial charge is 0.493 e. The van der Waals surface area contributed by atoms with Crippen LogP contribution in [0.15, 0.2) is 78.9 Å². The number of nitrogens with zero attached hydrogens (tertiary/aromatic N) is 2. The molecule has 0 unspecified atom stereocenters. The minimum absolute atomic E-state index is 0.00564. The predicted octanol–water partition coefficient (Wildman–Crippen LogP) is 2.33. The fourth-order valence-electron chi connectivity index (χ4n) is 7.53. The van der Waals surface area contributed by atoms with E-state index >= 15 is 0 Å². The molecule has 10 N–H and O–H groups in total. The molecule has 0 aromatic heterocycles. The highest BCUT2D eigenvalue weighted by atomic mass is 16.5. The van der Waals surface area contributed by atoms with Crippen LogP contribution in [0.4, 0.5) is 0 Å². The van der Waals surface area contributed by atoms with Gasteiger partial charge in [-0.2, -0.15) is 5.26 Å². The molecule has 1 aliphatic rings. The number of likely N-dealkylation sites (N-methyl/N-ethyl adjacent to an activating group) is 1. The molecule has 1 aliphatic heterocycles. The Morgan fingerprint density at radius 1 is 0.788 bits per heavy atom. The summed E-state index contributed by atoms with van der Waals surface area (Å²) >= 11 is 0. The van der Waals surface area contributed by atoms with Crippen LogP contribution in [0, 0.1) is 11.3 Å². The van der Waals surface area contributed by atoms with Crippen molar-refractivity contribution in [3.63, 3.8) is 0 Å². The van der Waals surface area contributed by atoms with Crippen molar-refractivity contribution in [2.75, 3.05) is 60.7 Å². The molecular weight excluding hydrogens is 847 g/mol. The lowest BCUT2D eigenvalue weighted by molar-refractivity contribution is -0.141. The van der Waals surface area contributed by atoms with Crippen molar-refractivity contribution in [1.29, 1.82) is 5.26 Å². The van der Waals surface area contributed by atoms with Crippen molar-refractivity contribution in [1.82, 2.24) is 26.2 Å². The van der Waals surface area contributed by atoms with Crippen LogP contribution in [0.2, 0.25) is 0 Å². The van der Waals surface area contributed by atoms with E-state index in [0.717, 1.165) is 11.1 Å². The van der Waals surface area contributed by atoms with Gasteiger partial charge < -0.3 is 62.3 Å². The summed E-state index contributed by atoms with van der Waals surface area (Å²) in [5, 5.41) is 20.0. The highest BCUT2D eigenvalue weighted by Crippen LogP contribution is 2.40. The van der Waals surface area contributed by atoms with Crippen LogP contribution in [0.1, 0.15) is 53.7 Å². The van der Waals surface area contributed by atoms with Gasteiger partial charge in [-0.05, 0) is 104 Å². The van der Waals surface area contributed by atoms with Gasteiger partial charge in [0.1, 0.15) is 55.4 Å². The Labute approximate surface area is 384 Å². The second-order valence-electron chi connectivity index (χ2n) is 15.5. The number of benzene rings is 4. The fraction of sp³-hybridized carbons (Fsp3) is 0.375. The lowest BCUT2D eigenvalue weighted by atomic mass is 9.93. The third kappa shape index (κ3) is 12.5. The molecule has 0 radical (unpaired) electrons. The standard InChI is InChI=1S/C48H59N9O9/c1-29-44(58)56-38(46(60)53-22-19-50)26-30-8-15-39(65-23-20-51)35(25-30)36-27-34(14-16-40(36)66-24-21-52)43(47(61)54-29)57(2)48(62)37(7-5-6-18-49)55-45(59)32-11-9-31(10-12-32)33-13-17-41(63-3)42(28-33)64-4/h8-17,25,27-29,37-38,43H,5-7,18,20-24,26,49,51-52H2,1-4H3,(H,53,60)(H,54,61)(H,55,59)(H,56,58)/t29-,37-,38-,43-/m0/s1. The van der Waals surface area contributed by atoms with E-state index in [1.165, 1.54) is 18.9 Å². The Bertz CT molecular complexity index is 2390. The molecule has 4 atom stereocenters. The van der Waals surface area contributed by atoms with Crippen molar-refractivity contribution in [2.45, 2.75) is 56.8 Å². The third-order valence-electron chi connectivity index (χ3n) is 11.0. The van der Waals surface area contributed by atoms with Gasteiger partial charge >= 0.3 is 0 Å². The SMILES string of the molecule is COc1ccc(-c2ccc(C(=O)N[C@@H](CCCCN)C(=O)N(C)[C@@H]3C(=O)N[C@@H](C)C(=O)N[C@H](C(=O)NCC#N)Cc4ccc(OCCN)c(c4)-c4cc3ccc4OCCN)cc2)cc1OC. The Kier molecular flexibility index (Phi) is 18.3. The van der Waals surface area contributed by atoms with Crippen LogP contribution in [0.25, 0.3) is 22.3 Å². The van der Waals surface area contributed by atoms with Gasteiger partial charge in [0.2, 0.25) is 23.6 Å². The zero-order valence-electron chi connectivity index (χ0n) is 37.7. The lowest BCUT2D eigenvalue weighted by Gasteiger charge is -2.32. The van der Waals surface area contributed by atoms with E-state index in [9.17, 15) is 29.2 Å². The van der Waals surface area contributed by atoms with E-state index < -0.39 is 53.7 Å². The van der Waals surface area contributed by atoms with Gasteiger partial charge in [-0.1, -0.05) is 30.3 Å². The molecule has 0 spiro atoms. The summed E-state index contributed by atoms with van der Waals surface area (Å²) in [6.45, 7) is 2.19. The van der Waals surface area contributed by atoms with Gasteiger partial charge in [0.05, 0.1) is 20.3 Å². The smallest absolute Gasteiger partial charge is 0.251 e. The Balaban J connectivity index is 1.57. The Morgan fingerprint density at radius 2 is 1.42 bits per heavy atom. The maximum atomic E-state index is 14.8. The number of nitrogens with two attached hydrogens (primary N) is 3. The molecule has 18 nitrogen and oxygen atoms in total. The van der Waals surface area contributed by atoms with Gasteiger partial charge in [0, 0.05) is 43.2 Å². The number of hydrogen-bond donors (Lipinski definition) is 7. The number of fused-ring (bicyclic) bond motifs is 5. The van der Waals surface area contributed by atoms with Crippen molar-refractivity contribution in [3.05, 3.63) is 95.6 Å². The molecule has 18 heteroatoms. The number of rotatable bonds is 19. The first-order valence-corrected chi connectivity index (χ1v) is 21.7. The molecule has 5 rings (SSSR count). The summed E-state index contributed by atoms with van der Waals surface area (Å²) in [7, 11) is 4.55. The Hall–Kier alpha value is -7.20. The fourth-order valence-corrected chi connectivity index (χ4v) is 7.53. The van der Waals surface area contributed by atoms with E-state index in [2.05, 4.69) is 21.3 Å². The zero-order chi connectivity index (χ0) is 47.8. The minimum atomic E-state index is -1.38. The normalized spacial score (nSPS) is 16.2. The average molecular weight is 906 g/mol. The van der Waals surface area contributed by atoms with E-state index in [1.54, 1.807) is 80.9 Å². The summed E-state index contributed by atoms with van der Waals surface area (Å²) in [6.07, 6.45) is 1.25. The van der Waals surface area contributed by atoms with E-state index in [-0.39, 0.29) is 45.7 Å². The number of nitrogens with one attached hydrogen (secondary N) is 4. The second kappa shape index (κ2) is 24.2. The molecule has 1 heterocycles. The number of methoxy groups -OCH3 is 2. The monoisotopic (exact) mass is 905 g/mol. The summed E-state index contributed by atoms with van der Waals surface area (Å²) in [5.41, 5.74) is 21.4. The van der Waals surface area contributed by atoms with Gasteiger partial charge in [-0.15, -0.1) is 0 Å². The number of carbonyl (C=O) groups is 5. The van der Waals surface area contributed by atoms with E-state index in [4.69, 9.17) is 36.1 Å². The second-order valence-corrected chi connectivity index (χ2v) is 15.5. The average Bonchev–Trinajstić information content (AvgIpc) is 3.33. The third-order valence-corrected chi connectivity index (χ3v) is 11.0. The first kappa shape index (κ1) is 49.8. The van der Waals surface area contributed by atoms with Crippen molar-refractivity contribution >= 4 is 29.5 Å². The number of nitriles is 1. The number of amides is 5. The van der Waals surface area contributed by atoms with Gasteiger partial charge in [-0.3, -0.25) is 24.0 Å². The van der Waals surface area contributed by atoms with Crippen molar-refractivity contribution < 1.29 is 42.9 Å². The highest BCUT2D eigenvalue weighted by molar-refractivity contribution is 5.99. The molecule has 4 bridgehead atoms. The molecule has 5 amide bonds. The predicted molar refractivity (Wildman–Crippen MR) is 247 cm³/mol. The molecule has 66 heavy (non-hydrogen) atoms. The number of hydrogen-bond acceptors (Lipinski definition) is 13. The first-order valence-electron chi connectivity index (χ1n) is 21.7. The summed E-state index contributed by atoms with van der Waals surface area (Å²) < 4.78 is 23.0. The highest BCUT2D eigenvalue weighted by Gasteiger charge is 2.36. The zero-order valence-corrected chi connectivity index (χ0v) is 37.7. The van der Waals surface area contributed by atoms with E-state index in [1.807, 2.05) is 18.2 Å². The van der Waals surface area contributed by atoms with Crippen LogP contribution in [-0.4, -0.2) is 113 Å². The quantitative estimate of drug-likeness (QED) is 0.0527. The molecule has 4 aromatic carbocycles. The van der Waals surface area contributed by atoms with Gasteiger partial charge in [0.15, 0.2) is 11.5 Å². The molecule has 0 saturated carbocycles. The van der Waals surface area contributed by atoms with Crippen LogP contribution in [0.5, 0.6) is 23.0 Å². The summed E-state index contributed by atoms with van der Waals surface area (Å²) in [4.78, 5) is 71.7. The van der Waals surface area contributed by atoms with Crippen LogP contribution >= 0.6 is 0 Å². The van der Waals surface area contributed by atoms with Gasteiger partial charge in [-0.25, -0.2) is 0 Å². The first-order chi connectivity index (χ1) is 31.9. The Morgan fingerprint density at radius 3 is 2.06 bits per heavy atom. The molecule has 4 aromatic rings. The van der Waals surface area contributed by atoms with Crippen LogP contribution < -0.4 is 57.4 Å². The molecule has 350 valence electrons. The van der Waals surface area contributed by atoms with Crippen LogP contribution in [0.3, 0.4) is 0 Å².